The lowest BCUT2D eigenvalue weighted by Crippen LogP contribution is -2.50. The average Bonchev–Trinajstić information content (AvgIpc) is 2.75. The largest absolute Gasteiger partial charge is 0.377 e. The molecule has 18 heavy (non-hydrogen) atoms. The van der Waals surface area contributed by atoms with Gasteiger partial charge < -0.3 is 15.4 Å². The van der Waals surface area contributed by atoms with E-state index in [-0.39, 0.29) is 11.5 Å². The highest BCUT2D eigenvalue weighted by Crippen LogP contribution is 2.24. The molecule has 0 bridgehead atoms. The second kappa shape index (κ2) is 5.24. The predicted octanol–water partition coefficient (Wildman–Crippen LogP) is 1.30. The fourth-order valence-corrected chi connectivity index (χ4v) is 2.82. The molecule has 0 spiro atoms. The number of aromatic nitrogens is 1. The molecule has 0 aliphatic carbocycles. The third-order valence-corrected chi connectivity index (χ3v) is 4.13. The molecule has 2 N–H and O–H groups in total. The summed E-state index contributed by atoms with van der Waals surface area (Å²) >= 11 is 1.37. The normalized spacial score (nSPS) is 24.2. The number of anilines is 1. The maximum absolute atomic E-state index is 12.2. The Balaban J connectivity index is 1.96. The van der Waals surface area contributed by atoms with Crippen LogP contribution in [0.15, 0.2) is 5.38 Å². The van der Waals surface area contributed by atoms with Crippen LogP contribution in [0.2, 0.25) is 0 Å². The highest BCUT2D eigenvalue weighted by molar-refractivity contribution is 7.13. The molecule has 100 valence electrons. The third-order valence-electron chi connectivity index (χ3n) is 3.41. The first-order valence-electron chi connectivity index (χ1n) is 6.05. The van der Waals surface area contributed by atoms with Crippen LogP contribution in [0.25, 0.3) is 0 Å². The van der Waals surface area contributed by atoms with Gasteiger partial charge in [-0.25, -0.2) is 4.98 Å². The minimum Gasteiger partial charge on any atom is -0.377 e. The zero-order valence-electron chi connectivity index (χ0n) is 10.8. The Labute approximate surface area is 111 Å². The van der Waals surface area contributed by atoms with Crippen LogP contribution < -0.4 is 5.73 Å². The molecule has 1 aromatic heterocycles. The second-order valence-corrected chi connectivity index (χ2v) is 5.82. The number of thiazole rings is 1. The molecule has 0 aromatic carbocycles. The van der Waals surface area contributed by atoms with Crippen molar-refractivity contribution in [2.45, 2.75) is 31.8 Å². The van der Waals surface area contributed by atoms with E-state index in [0.29, 0.717) is 18.1 Å². The van der Waals surface area contributed by atoms with Gasteiger partial charge in [0.15, 0.2) is 5.13 Å². The fourth-order valence-electron chi connectivity index (χ4n) is 2.26. The van der Waals surface area contributed by atoms with Crippen LogP contribution in [-0.4, -0.2) is 41.6 Å². The summed E-state index contributed by atoms with van der Waals surface area (Å²) < 4.78 is 5.49. The number of methoxy groups -OCH3 is 1. The lowest BCUT2D eigenvalue weighted by molar-refractivity contribution is -0.138. The summed E-state index contributed by atoms with van der Waals surface area (Å²) in [5.74, 6) is 0.100. The first-order chi connectivity index (χ1) is 8.52. The Kier molecular flexibility index (Phi) is 3.87. The number of rotatable bonds is 3. The molecule has 1 amide bonds. The van der Waals surface area contributed by atoms with Gasteiger partial charge in [-0.1, -0.05) is 0 Å². The van der Waals surface area contributed by atoms with E-state index in [4.69, 9.17) is 10.5 Å². The van der Waals surface area contributed by atoms with E-state index in [1.54, 1.807) is 7.11 Å². The molecule has 1 aromatic rings. The van der Waals surface area contributed by atoms with Gasteiger partial charge in [-0.05, 0) is 19.8 Å². The highest BCUT2D eigenvalue weighted by atomic mass is 32.1. The van der Waals surface area contributed by atoms with Gasteiger partial charge in [0.05, 0.1) is 17.7 Å². The first-order valence-corrected chi connectivity index (χ1v) is 6.93. The molecule has 1 unspecified atom stereocenters. The minimum atomic E-state index is -0.213. The van der Waals surface area contributed by atoms with Crippen LogP contribution in [-0.2, 0) is 16.0 Å². The summed E-state index contributed by atoms with van der Waals surface area (Å²) in [6.07, 6.45) is 2.31. The van der Waals surface area contributed by atoms with Crippen molar-refractivity contribution in [1.82, 2.24) is 9.88 Å². The third kappa shape index (κ3) is 3.00. The van der Waals surface area contributed by atoms with Gasteiger partial charge in [-0.2, -0.15) is 0 Å². The van der Waals surface area contributed by atoms with E-state index in [1.165, 1.54) is 11.3 Å². The molecule has 5 nitrogen and oxygen atoms in total. The van der Waals surface area contributed by atoms with E-state index in [2.05, 4.69) is 4.98 Å². The summed E-state index contributed by atoms with van der Waals surface area (Å²) in [4.78, 5) is 18.2. The van der Waals surface area contributed by atoms with E-state index in [1.807, 2.05) is 17.2 Å². The van der Waals surface area contributed by atoms with Gasteiger partial charge in [0, 0.05) is 25.6 Å². The molecule has 1 aliphatic rings. The maximum Gasteiger partial charge on any atom is 0.228 e. The van der Waals surface area contributed by atoms with Crippen molar-refractivity contribution in [3.63, 3.8) is 0 Å². The van der Waals surface area contributed by atoms with Crippen LogP contribution in [0.3, 0.4) is 0 Å². The quantitative estimate of drug-likeness (QED) is 0.898. The SMILES string of the molecule is COC1(C)CCCN(C(=O)Cc2csc(N)n2)C1. The molecule has 0 saturated carbocycles. The van der Waals surface area contributed by atoms with Crippen LogP contribution in [0, 0.1) is 0 Å². The van der Waals surface area contributed by atoms with Crippen molar-refractivity contribution in [2.75, 3.05) is 25.9 Å². The molecule has 1 saturated heterocycles. The summed E-state index contributed by atoms with van der Waals surface area (Å²) in [7, 11) is 1.70. The van der Waals surface area contributed by atoms with Crippen molar-refractivity contribution in [3.8, 4) is 0 Å². The molecular formula is C12H19N3O2S. The lowest BCUT2D eigenvalue weighted by Gasteiger charge is -2.39. The van der Waals surface area contributed by atoms with Crippen LogP contribution in [0.4, 0.5) is 5.13 Å². The van der Waals surface area contributed by atoms with Crippen LogP contribution in [0.5, 0.6) is 0 Å². The van der Waals surface area contributed by atoms with Gasteiger partial charge in [0.1, 0.15) is 0 Å². The summed E-state index contributed by atoms with van der Waals surface area (Å²) in [5, 5.41) is 2.35. The summed E-state index contributed by atoms with van der Waals surface area (Å²) in [5.41, 5.74) is 6.10. The van der Waals surface area contributed by atoms with Crippen molar-refractivity contribution in [3.05, 3.63) is 11.1 Å². The van der Waals surface area contributed by atoms with Crippen LogP contribution in [0.1, 0.15) is 25.5 Å². The Hall–Kier alpha value is -1.14. The number of hydrogen-bond acceptors (Lipinski definition) is 5. The smallest absolute Gasteiger partial charge is 0.228 e. The van der Waals surface area contributed by atoms with Gasteiger partial charge in [0.2, 0.25) is 5.91 Å². The number of carbonyl (C=O) groups excluding carboxylic acids is 1. The summed E-state index contributed by atoms with van der Waals surface area (Å²) in [6, 6.07) is 0. The number of nitrogens with two attached hydrogens (primary N) is 1. The van der Waals surface area contributed by atoms with E-state index in [0.717, 1.165) is 25.1 Å². The Morgan fingerprint density at radius 2 is 2.50 bits per heavy atom. The molecule has 6 heteroatoms. The number of ether oxygens (including phenoxy) is 1. The Bertz CT molecular complexity index is 435. The molecule has 1 aliphatic heterocycles. The summed E-state index contributed by atoms with van der Waals surface area (Å²) in [6.45, 7) is 3.51. The number of amides is 1. The van der Waals surface area contributed by atoms with Gasteiger partial charge in [0.25, 0.3) is 0 Å². The molecule has 1 fully saturated rings. The zero-order valence-corrected chi connectivity index (χ0v) is 11.6. The second-order valence-electron chi connectivity index (χ2n) is 4.93. The fraction of sp³-hybridized carbons (Fsp3) is 0.667. The molecular weight excluding hydrogens is 250 g/mol. The van der Waals surface area contributed by atoms with Gasteiger partial charge in [-0.3, -0.25) is 4.79 Å². The number of nitrogen functional groups attached to an aromatic ring is 1. The van der Waals surface area contributed by atoms with Crippen molar-refractivity contribution in [2.24, 2.45) is 0 Å². The molecule has 2 rings (SSSR count). The molecule has 2 heterocycles. The standard InChI is InChI=1S/C12H19N3O2S/c1-12(17-2)4-3-5-15(8-12)10(16)6-9-7-18-11(13)14-9/h7H,3-6,8H2,1-2H3,(H2,13,14). The number of likely N-dealkylation sites (tertiary alicyclic amines) is 1. The van der Waals surface area contributed by atoms with E-state index in [9.17, 15) is 4.79 Å². The monoisotopic (exact) mass is 269 g/mol. The number of hydrogen-bond donors (Lipinski definition) is 1. The Morgan fingerprint density at radius 3 is 3.11 bits per heavy atom. The van der Waals surface area contributed by atoms with Crippen molar-refractivity contribution >= 4 is 22.4 Å². The van der Waals surface area contributed by atoms with E-state index < -0.39 is 0 Å². The first kappa shape index (κ1) is 13.3. The van der Waals surface area contributed by atoms with Crippen molar-refractivity contribution < 1.29 is 9.53 Å². The minimum absolute atomic E-state index is 0.100. The van der Waals surface area contributed by atoms with Gasteiger partial charge >= 0.3 is 0 Å². The lowest BCUT2D eigenvalue weighted by atomic mass is 9.94. The molecule has 0 radical (unpaired) electrons. The molecule has 1 atom stereocenters. The van der Waals surface area contributed by atoms with Crippen LogP contribution >= 0.6 is 11.3 Å². The number of piperidine rings is 1. The number of carbonyl (C=O) groups is 1. The number of nitrogens with zero attached hydrogens (tertiary/aromatic N) is 2. The zero-order chi connectivity index (χ0) is 13.2. The average molecular weight is 269 g/mol. The highest BCUT2D eigenvalue weighted by Gasteiger charge is 2.32. The van der Waals surface area contributed by atoms with Crippen molar-refractivity contribution in [1.29, 1.82) is 0 Å². The maximum atomic E-state index is 12.2. The van der Waals surface area contributed by atoms with Gasteiger partial charge in [-0.15, -0.1) is 11.3 Å². The predicted molar refractivity (Wildman–Crippen MR) is 71.5 cm³/mol. The topological polar surface area (TPSA) is 68.5 Å². The Morgan fingerprint density at radius 1 is 1.72 bits per heavy atom. The van der Waals surface area contributed by atoms with E-state index >= 15 is 0 Å².